The van der Waals surface area contributed by atoms with Gasteiger partial charge in [0.05, 0.1) is 7.11 Å². The molecule has 18 heavy (non-hydrogen) atoms. The predicted octanol–water partition coefficient (Wildman–Crippen LogP) is 2.42. The van der Waals surface area contributed by atoms with Crippen LogP contribution in [0.3, 0.4) is 0 Å². The number of methoxy groups -OCH3 is 1. The van der Waals surface area contributed by atoms with Gasteiger partial charge in [-0.15, -0.1) is 0 Å². The SMILES string of the molecule is CCS(=O)CCNC(C)c1cc(C)ccc1OC. The maximum absolute atomic E-state index is 11.4. The average Bonchev–Trinajstić information content (AvgIpc) is 2.38. The van der Waals surface area contributed by atoms with Crippen molar-refractivity contribution in [3.8, 4) is 5.75 Å². The Kier molecular flexibility index (Phi) is 6.36. The van der Waals surface area contributed by atoms with Crippen LogP contribution < -0.4 is 10.1 Å². The number of aryl methyl sites for hydroxylation is 1. The Morgan fingerprint density at radius 2 is 2.17 bits per heavy atom. The smallest absolute Gasteiger partial charge is 0.123 e. The van der Waals surface area contributed by atoms with Crippen LogP contribution in [0.4, 0.5) is 0 Å². The summed E-state index contributed by atoms with van der Waals surface area (Å²) in [6.45, 7) is 6.88. The highest BCUT2D eigenvalue weighted by Crippen LogP contribution is 2.25. The van der Waals surface area contributed by atoms with E-state index in [2.05, 4.69) is 25.2 Å². The lowest BCUT2D eigenvalue weighted by Gasteiger charge is -2.17. The van der Waals surface area contributed by atoms with Crippen LogP contribution in [0.15, 0.2) is 18.2 Å². The van der Waals surface area contributed by atoms with Gasteiger partial charge in [-0.2, -0.15) is 0 Å². The molecule has 0 saturated carbocycles. The van der Waals surface area contributed by atoms with E-state index in [1.165, 1.54) is 5.56 Å². The average molecular weight is 269 g/mol. The second kappa shape index (κ2) is 7.54. The van der Waals surface area contributed by atoms with Crippen molar-refractivity contribution in [3.05, 3.63) is 29.3 Å². The van der Waals surface area contributed by atoms with Crippen LogP contribution in [-0.2, 0) is 10.8 Å². The van der Waals surface area contributed by atoms with E-state index in [1.54, 1.807) is 7.11 Å². The molecule has 0 saturated heterocycles. The summed E-state index contributed by atoms with van der Waals surface area (Å²) in [5.74, 6) is 2.33. The lowest BCUT2D eigenvalue weighted by Crippen LogP contribution is -2.24. The molecule has 0 aliphatic rings. The molecule has 0 spiro atoms. The van der Waals surface area contributed by atoms with Crippen molar-refractivity contribution in [2.75, 3.05) is 25.2 Å². The van der Waals surface area contributed by atoms with Gasteiger partial charge in [0, 0.05) is 40.5 Å². The Bertz CT molecular complexity index is 407. The van der Waals surface area contributed by atoms with Gasteiger partial charge in [0.2, 0.25) is 0 Å². The highest BCUT2D eigenvalue weighted by atomic mass is 32.2. The van der Waals surface area contributed by atoms with Gasteiger partial charge in [-0.05, 0) is 19.9 Å². The summed E-state index contributed by atoms with van der Waals surface area (Å²) in [5, 5.41) is 3.39. The van der Waals surface area contributed by atoms with Crippen molar-refractivity contribution < 1.29 is 8.95 Å². The molecule has 2 atom stereocenters. The summed E-state index contributed by atoms with van der Waals surface area (Å²) >= 11 is 0. The zero-order chi connectivity index (χ0) is 13.5. The van der Waals surface area contributed by atoms with Crippen molar-refractivity contribution in [2.24, 2.45) is 0 Å². The van der Waals surface area contributed by atoms with Crippen molar-refractivity contribution >= 4 is 10.8 Å². The van der Waals surface area contributed by atoms with E-state index in [4.69, 9.17) is 4.74 Å². The molecule has 0 aliphatic carbocycles. The molecule has 4 heteroatoms. The zero-order valence-corrected chi connectivity index (χ0v) is 12.5. The Morgan fingerprint density at radius 3 is 2.78 bits per heavy atom. The lowest BCUT2D eigenvalue weighted by molar-refractivity contribution is 0.402. The molecule has 0 radical (unpaired) electrons. The monoisotopic (exact) mass is 269 g/mol. The first-order valence-corrected chi connectivity index (χ1v) is 7.80. The second-order valence-corrected chi connectivity index (χ2v) is 6.22. The quantitative estimate of drug-likeness (QED) is 0.826. The molecule has 0 bridgehead atoms. The van der Waals surface area contributed by atoms with Gasteiger partial charge in [0.25, 0.3) is 0 Å². The maximum atomic E-state index is 11.4. The number of hydrogen-bond acceptors (Lipinski definition) is 3. The molecule has 0 heterocycles. The van der Waals surface area contributed by atoms with E-state index < -0.39 is 10.8 Å². The Labute approximate surface area is 112 Å². The first-order valence-electron chi connectivity index (χ1n) is 6.31. The molecule has 0 aliphatic heterocycles. The molecule has 2 unspecified atom stereocenters. The Morgan fingerprint density at radius 1 is 1.44 bits per heavy atom. The number of benzene rings is 1. The van der Waals surface area contributed by atoms with Crippen LogP contribution in [0.5, 0.6) is 5.75 Å². The van der Waals surface area contributed by atoms with Crippen LogP contribution in [0.1, 0.15) is 31.0 Å². The first-order chi connectivity index (χ1) is 8.58. The lowest BCUT2D eigenvalue weighted by atomic mass is 10.0. The van der Waals surface area contributed by atoms with Crippen LogP contribution in [-0.4, -0.2) is 29.4 Å². The fraction of sp³-hybridized carbons (Fsp3) is 0.571. The van der Waals surface area contributed by atoms with Crippen LogP contribution in [0.25, 0.3) is 0 Å². The number of hydrogen-bond donors (Lipinski definition) is 1. The van der Waals surface area contributed by atoms with E-state index >= 15 is 0 Å². The largest absolute Gasteiger partial charge is 0.496 e. The third-order valence-corrected chi connectivity index (χ3v) is 4.26. The van der Waals surface area contributed by atoms with Gasteiger partial charge < -0.3 is 10.1 Å². The summed E-state index contributed by atoms with van der Waals surface area (Å²) in [4.78, 5) is 0. The summed E-state index contributed by atoms with van der Waals surface area (Å²) in [6, 6.07) is 6.37. The molecule has 1 aromatic carbocycles. The van der Waals surface area contributed by atoms with Gasteiger partial charge >= 0.3 is 0 Å². The van der Waals surface area contributed by atoms with E-state index in [1.807, 2.05) is 19.1 Å². The van der Waals surface area contributed by atoms with Crippen molar-refractivity contribution in [1.29, 1.82) is 0 Å². The molecular weight excluding hydrogens is 246 g/mol. The third kappa shape index (κ3) is 4.42. The molecule has 1 rings (SSSR count). The highest BCUT2D eigenvalue weighted by molar-refractivity contribution is 7.84. The van der Waals surface area contributed by atoms with Crippen LogP contribution >= 0.6 is 0 Å². The van der Waals surface area contributed by atoms with Crippen LogP contribution in [0, 0.1) is 6.92 Å². The van der Waals surface area contributed by atoms with Gasteiger partial charge in [-0.3, -0.25) is 4.21 Å². The fourth-order valence-corrected chi connectivity index (χ4v) is 2.47. The normalized spacial score (nSPS) is 14.2. The van der Waals surface area contributed by atoms with E-state index in [9.17, 15) is 4.21 Å². The Balaban J connectivity index is 2.62. The molecule has 3 nitrogen and oxygen atoms in total. The van der Waals surface area contributed by atoms with Crippen molar-refractivity contribution in [2.45, 2.75) is 26.8 Å². The van der Waals surface area contributed by atoms with Gasteiger partial charge in [0.1, 0.15) is 5.75 Å². The number of nitrogens with one attached hydrogen (secondary N) is 1. The molecule has 0 fully saturated rings. The van der Waals surface area contributed by atoms with Crippen molar-refractivity contribution in [3.63, 3.8) is 0 Å². The number of rotatable bonds is 7. The topological polar surface area (TPSA) is 38.3 Å². The van der Waals surface area contributed by atoms with E-state index in [0.717, 1.165) is 23.6 Å². The van der Waals surface area contributed by atoms with Gasteiger partial charge in [-0.25, -0.2) is 0 Å². The Hall–Kier alpha value is -0.870. The second-order valence-electron chi connectivity index (χ2n) is 4.35. The van der Waals surface area contributed by atoms with Gasteiger partial charge in [-0.1, -0.05) is 24.6 Å². The van der Waals surface area contributed by atoms with E-state index in [0.29, 0.717) is 5.75 Å². The molecule has 1 aromatic rings. The summed E-state index contributed by atoms with van der Waals surface area (Å²) in [6.07, 6.45) is 0. The molecular formula is C14H23NO2S. The fourth-order valence-electron chi connectivity index (χ4n) is 1.84. The standard InChI is InChI=1S/C14H23NO2S/c1-5-18(16)9-8-15-12(3)13-10-11(2)6-7-14(13)17-4/h6-7,10,12,15H,5,8-9H2,1-4H3. The van der Waals surface area contributed by atoms with Crippen molar-refractivity contribution in [1.82, 2.24) is 5.32 Å². The predicted molar refractivity (Wildman–Crippen MR) is 77.7 cm³/mol. The third-order valence-electron chi connectivity index (χ3n) is 2.95. The minimum absolute atomic E-state index is 0.203. The summed E-state index contributed by atoms with van der Waals surface area (Å²) < 4.78 is 16.7. The zero-order valence-electron chi connectivity index (χ0n) is 11.7. The summed E-state index contributed by atoms with van der Waals surface area (Å²) in [5.41, 5.74) is 2.37. The molecule has 102 valence electrons. The maximum Gasteiger partial charge on any atom is 0.123 e. The molecule has 0 amide bonds. The highest BCUT2D eigenvalue weighted by Gasteiger charge is 2.11. The van der Waals surface area contributed by atoms with Crippen LogP contribution in [0.2, 0.25) is 0 Å². The summed E-state index contributed by atoms with van der Waals surface area (Å²) in [7, 11) is 0.982. The van der Waals surface area contributed by atoms with E-state index in [-0.39, 0.29) is 6.04 Å². The molecule has 1 N–H and O–H groups in total. The molecule has 0 aromatic heterocycles. The number of ether oxygens (including phenoxy) is 1. The first kappa shape index (κ1) is 15.2. The minimum atomic E-state index is -0.705. The minimum Gasteiger partial charge on any atom is -0.496 e. The van der Waals surface area contributed by atoms with Gasteiger partial charge in [0.15, 0.2) is 0 Å².